The van der Waals surface area contributed by atoms with Crippen LogP contribution in [0.3, 0.4) is 0 Å². The predicted molar refractivity (Wildman–Crippen MR) is 69.2 cm³/mol. The van der Waals surface area contributed by atoms with Gasteiger partial charge in [0.25, 0.3) is 0 Å². The van der Waals surface area contributed by atoms with E-state index in [1.54, 1.807) is 0 Å². The summed E-state index contributed by atoms with van der Waals surface area (Å²) in [4.78, 5) is 2.06. The average molecular weight is 243 g/mol. The molecule has 0 aliphatic rings. The van der Waals surface area contributed by atoms with Crippen molar-refractivity contribution in [2.24, 2.45) is 0 Å². The van der Waals surface area contributed by atoms with Crippen LogP contribution in [-0.2, 0) is 6.54 Å². The lowest BCUT2D eigenvalue weighted by molar-refractivity contribution is 0.270. The molecule has 16 heavy (non-hydrogen) atoms. The number of benzene rings is 1. The summed E-state index contributed by atoms with van der Waals surface area (Å²) in [5.74, 6) is 0. The highest BCUT2D eigenvalue weighted by Crippen LogP contribution is 2.24. The van der Waals surface area contributed by atoms with E-state index >= 15 is 0 Å². The summed E-state index contributed by atoms with van der Waals surface area (Å²) in [7, 11) is 3.88. The van der Waals surface area contributed by atoms with Gasteiger partial charge in [-0.1, -0.05) is 11.6 Å². The lowest BCUT2D eigenvalue weighted by atomic mass is 10.1. The summed E-state index contributed by atoms with van der Waals surface area (Å²) in [6, 6.07) is 5.91. The highest BCUT2D eigenvalue weighted by molar-refractivity contribution is 6.30. The first kappa shape index (κ1) is 13.3. The van der Waals surface area contributed by atoms with E-state index in [4.69, 9.17) is 16.7 Å². The van der Waals surface area contributed by atoms with Crippen molar-refractivity contribution >= 4 is 17.3 Å². The first-order valence-electron chi connectivity index (χ1n) is 5.36. The van der Waals surface area contributed by atoms with Crippen molar-refractivity contribution in [1.29, 1.82) is 0 Å². The Kier molecular flexibility index (Phi) is 5.06. The summed E-state index contributed by atoms with van der Waals surface area (Å²) in [5.41, 5.74) is 2.23. The maximum absolute atomic E-state index is 9.16. The molecule has 0 amide bonds. The summed E-state index contributed by atoms with van der Waals surface area (Å²) in [5, 5.41) is 13.0. The molecule has 4 heteroatoms. The lowest BCUT2D eigenvalue weighted by Gasteiger charge is -2.27. The third-order valence-electron chi connectivity index (χ3n) is 2.71. The molecule has 1 aromatic carbocycles. The van der Waals surface area contributed by atoms with Crippen LogP contribution in [0.25, 0.3) is 0 Å². The number of rotatable bonds is 5. The number of hydrogen-bond acceptors (Lipinski definition) is 3. The van der Waals surface area contributed by atoms with Crippen molar-refractivity contribution in [1.82, 2.24) is 5.32 Å². The molecular weight excluding hydrogens is 224 g/mol. The normalized spacial score (nSPS) is 12.6. The van der Waals surface area contributed by atoms with E-state index in [0.29, 0.717) is 0 Å². The Bertz CT molecular complexity index is 344. The third-order valence-corrected chi connectivity index (χ3v) is 2.95. The van der Waals surface area contributed by atoms with Gasteiger partial charge in [0.2, 0.25) is 0 Å². The zero-order valence-electron chi connectivity index (χ0n) is 10.00. The molecule has 0 aliphatic heterocycles. The minimum Gasteiger partial charge on any atom is -0.394 e. The van der Waals surface area contributed by atoms with E-state index in [0.717, 1.165) is 22.8 Å². The van der Waals surface area contributed by atoms with Gasteiger partial charge in [0, 0.05) is 30.3 Å². The number of aliphatic hydroxyl groups is 1. The Morgan fingerprint density at radius 3 is 2.75 bits per heavy atom. The van der Waals surface area contributed by atoms with Crippen molar-refractivity contribution in [2.75, 3.05) is 25.6 Å². The largest absolute Gasteiger partial charge is 0.394 e. The molecule has 0 bridgehead atoms. The van der Waals surface area contributed by atoms with Crippen LogP contribution in [0.4, 0.5) is 5.69 Å². The van der Waals surface area contributed by atoms with Crippen molar-refractivity contribution in [3.63, 3.8) is 0 Å². The van der Waals surface area contributed by atoms with Crippen LogP contribution >= 0.6 is 11.6 Å². The molecule has 1 atom stereocenters. The Morgan fingerprint density at radius 2 is 2.19 bits per heavy atom. The van der Waals surface area contributed by atoms with Crippen LogP contribution in [0.1, 0.15) is 12.5 Å². The summed E-state index contributed by atoms with van der Waals surface area (Å²) >= 11 is 5.98. The molecule has 1 unspecified atom stereocenters. The molecule has 90 valence electrons. The van der Waals surface area contributed by atoms with Gasteiger partial charge >= 0.3 is 0 Å². The molecule has 2 N–H and O–H groups in total. The molecule has 1 aromatic rings. The number of nitrogens with one attached hydrogen (secondary N) is 1. The van der Waals surface area contributed by atoms with Crippen LogP contribution in [0.15, 0.2) is 18.2 Å². The SMILES string of the molecule is CNCc1cc(Cl)ccc1N(C)C(C)CO. The molecule has 0 aliphatic carbocycles. The molecule has 0 radical (unpaired) electrons. The first-order valence-corrected chi connectivity index (χ1v) is 5.74. The second-order valence-corrected chi connectivity index (χ2v) is 4.38. The van der Waals surface area contributed by atoms with Crippen molar-refractivity contribution < 1.29 is 5.11 Å². The second-order valence-electron chi connectivity index (χ2n) is 3.95. The van der Waals surface area contributed by atoms with Gasteiger partial charge in [-0.2, -0.15) is 0 Å². The van der Waals surface area contributed by atoms with Gasteiger partial charge < -0.3 is 15.3 Å². The maximum atomic E-state index is 9.16. The zero-order valence-corrected chi connectivity index (χ0v) is 10.8. The van der Waals surface area contributed by atoms with Gasteiger partial charge in [-0.3, -0.25) is 0 Å². The molecular formula is C12H19ClN2O. The van der Waals surface area contributed by atoms with Gasteiger partial charge in [-0.15, -0.1) is 0 Å². The quantitative estimate of drug-likeness (QED) is 0.828. The fourth-order valence-electron chi connectivity index (χ4n) is 1.59. The Labute approximate surface area is 102 Å². The smallest absolute Gasteiger partial charge is 0.0632 e. The second kappa shape index (κ2) is 6.09. The highest BCUT2D eigenvalue weighted by Gasteiger charge is 2.12. The number of halogens is 1. The first-order chi connectivity index (χ1) is 7.60. The van der Waals surface area contributed by atoms with Gasteiger partial charge in [0.1, 0.15) is 0 Å². The molecule has 0 spiro atoms. The number of anilines is 1. The van der Waals surface area contributed by atoms with E-state index in [2.05, 4.69) is 10.2 Å². The minimum atomic E-state index is 0.0942. The van der Waals surface area contributed by atoms with Crippen LogP contribution in [0.5, 0.6) is 0 Å². The van der Waals surface area contributed by atoms with Gasteiger partial charge in [-0.05, 0) is 37.7 Å². The Balaban J connectivity index is 3.01. The van der Waals surface area contributed by atoms with Gasteiger partial charge in [-0.25, -0.2) is 0 Å². The molecule has 0 fully saturated rings. The van der Waals surface area contributed by atoms with Crippen molar-refractivity contribution in [3.05, 3.63) is 28.8 Å². The topological polar surface area (TPSA) is 35.5 Å². The molecule has 0 saturated carbocycles. The fourth-order valence-corrected chi connectivity index (χ4v) is 1.78. The minimum absolute atomic E-state index is 0.0942. The lowest BCUT2D eigenvalue weighted by Crippen LogP contribution is -2.32. The highest BCUT2D eigenvalue weighted by atomic mass is 35.5. The van der Waals surface area contributed by atoms with Crippen LogP contribution in [-0.4, -0.2) is 31.9 Å². The van der Waals surface area contributed by atoms with E-state index < -0.39 is 0 Å². The maximum Gasteiger partial charge on any atom is 0.0632 e. The van der Waals surface area contributed by atoms with Gasteiger partial charge in [0.15, 0.2) is 0 Å². The third kappa shape index (κ3) is 3.11. The monoisotopic (exact) mass is 242 g/mol. The fraction of sp³-hybridized carbons (Fsp3) is 0.500. The van der Waals surface area contributed by atoms with Crippen molar-refractivity contribution in [2.45, 2.75) is 19.5 Å². The molecule has 3 nitrogen and oxygen atoms in total. The number of nitrogens with zero attached hydrogens (tertiary/aromatic N) is 1. The van der Waals surface area contributed by atoms with E-state index in [9.17, 15) is 0 Å². The van der Waals surface area contributed by atoms with Gasteiger partial charge in [0.05, 0.1) is 6.61 Å². The number of aliphatic hydroxyl groups excluding tert-OH is 1. The average Bonchev–Trinajstić information content (AvgIpc) is 2.28. The van der Waals surface area contributed by atoms with Crippen LogP contribution < -0.4 is 10.2 Å². The Morgan fingerprint density at radius 1 is 1.50 bits per heavy atom. The van der Waals surface area contributed by atoms with Crippen LogP contribution in [0, 0.1) is 0 Å². The number of likely N-dealkylation sites (N-methyl/N-ethyl adjacent to an activating group) is 1. The molecule has 0 aromatic heterocycles. The zero-order chi connectivity index (χ0) is 12.1. The Hall–Kier alpha value is -0.770. The van der Waals surface area contributed by atoms with E-state index in [1.165, 1.54) is 0 Å². The predicted octanol–water partition coefficient (Wildman–Crippen LogP) is 1.88. The molecule has 0 heterocycles. The summed E-state index contributed by atoms with van der Waals surface area (Å²) in [6.07, 6.45) is 0. The molecule has 1 rings (SSSR count). The number of hydrogen-bond donors (Lipinski definition) is 2. The van der Waals surface area contributed by atoms with E-state index in [1.807, 2.05) is 39.2 Å². The van der Waals surface area contributed by atoms with E-state index in [-0.39, 0.29) is 12.6 Å². The summed E-state index contributed by atoms with van der Waals surface area (Å²) in [6.45, 7) is 2.88. The standard InChI is InChI=1S/C12H19ClN2O/c1-9(8-16)15(3)12-5-4-11(13)6-10(12)7-14-2/h4-6,9,14,16H,7-8H2,1-3H3. The summed E-state index contributed by atoms with van der Waals surface area (Å²) < 4.78 is 0. The van der Waals surface area contributed by atoms with Crippen LogP contribution in [0.2, 0.25) is 5.02 Å². The molecule has 0 saturated heterocycles. The van der Waals surface area contributed by atoms with Crippen molar-refractivity contribution in [3.8, 4) is 0 Å².